The molecule has 0 spiro atoms. The molecule has 4 nitrogen and oxygen atoms in total. The lowest BCUT2D eigenvalue weighted by molar-refractivity contribution is -0.172. The summed E-state index contributed by atoms with van der Waals surface area (Å²) in [5, 5.41) is 0. The van der Waals surface area contributed by atoms with Gasteiger partial charge in [-0.05, 0) is 0 Å². The molecule has 0 aliphatic carbocycles. The van der Waals surface area contributed by atoms with Crippen molar-refractivity contribution in [3.63, 3.8) is 0 Å². The van der Waals surface area contributed by atoms with Crippen LogP contribution in [0, 0.1) is 0 Å². The molecule has 6 heavy (non-hydrogen) atoms. The van der Waals surface area contributed by atoms with E-state index in [0.717, 1.165) is 7.11 Å². The topological polar surface area (TPSA) is 55.8 Å². The lowest BCUT2D eigenvalue weighted by Crippen LogP contribution is -1.90. The Kier molecular flexibility index (Phi) is 3.24. The fourth-order valence-corrected chi connectivity index (χ4v) is 0.175. The molecule has 1 N–H and O–H groups in total. The summed E-state index contributed by atoms with van der Waals surface area (Å²) in [7, 11) is 1.15. The molecule has 0 heterocycles. The maximum atomic E-state index is 9.36. The van der Waals surface area contributed by atoms with Gasteiger partial charge in [-0.15, -0.1) is 4.33 Å². The molecule has 0 aromatic carbocycles. The van der Waals surface area contributed by atoms with Crippen LogP contribution in [0.25, 0.3) is 0 Å². The van der Waals surface area contributed by atoms with Crippen molar-refractivity contribution in [2.24, 2.45) is 0 Å². The second-order valence-electron chi connectivity index (χ2n) is 0.452. The molecule has 0 saturated heterocycles. The Labute approximate surface area is 37.5 Å². The van der Waals surface area contributed by atoms with Crippen LogP contribution in [0.4, 0.5) is 0 Å². The van der Waals surface area contributed by atoms with Crippen LogP contribution in [0.1, 0.15) is 0 Å². The van der Waals surface area contributed by atoms with Gasteiger partial charge in [0.2, 0.25) is 0 Å². The van der Waals surface area contributed by atoms with E-state index in [0.29, 0.717) is 0 Å². The maximum absolute atomic E-state index is 9.36. The zero-order valence-corrected chi connectivity index (χ0v) is 3.90. The van der Waals surface area contributed by atoms with Gasteiger partial charge in [0, 0.05) is 0 Å². The molecule has 0 bridgehead atoms. The van der Waals surface area contributed by atoms with Crippen molar-refractivity contribution in [1.82, 2.24) is 0 Å². The lowest BCUT2D eigenvalue weighted by Gasteiger charge is -1.84. The Morgan fingerprint density at radius 1 is 1.83 bits per heavy atom. The van der Waals surface area contributed by atoms with Gasteiger partial charge in [-0.25, -0.2) is 4.89 Å². The maximum Gasteiger partial charge on any atom is 0.330 e. The average molecular weight is 112 g/mol. The summed E-state index contributed by atoms with van der Waals surface area (Å²) in [6, 6.07) is 0. The summed E-state index contributed by atoms with van der Waals surface area (Å²) in [5.74, 6) is 0. The molecule has 0 aliphatic heterocycles. The van der Waals surface area contributed by atoms with Gasteiger partial charge in [-0.3, -0.25) is 4.55 Å². The molecule has 38 valence electrons. The predicted octanol–water partition coefficient (Wildman–Crippen LogP) is -0.299. The average Bonchev–Trinajstić information content (AvgIpc) is 1.35. The summed E-state index contributed by atoms with van der Waals surface area (Å²) in [5.41, 5.74) is 0. The fourth-order valence-electron chi connectivity index (χ4n) is 0.0582. The predicted molar refractivity (Wildman–Crippen MR) is 18.9 cm³/mol. The minimum atomic E-state index is -2.29. The van der Waals surface area contributed by atoms with E-state index in [1.54, 1.807) is 0 Å². The Hall–Kier alpha value is 0.0300. The summed E-state index contributed by atoms with van der Waals surface area (Å²) in [6.45, 7) is 0. The lowest BCUT2D eigenvalue weighted by atomic mass is 11.8. The second kappa shape index (κ2) is 3.23. The SMILES string of the molecule is COOS(=O)O. The van der Waals surface area contributed by atoms with Gasteiger partial charge in [-0.1, -0.05) is 0 Å². The standard InChI is InChI=1S/CH4O4S/c1-4-5-6(2)3/h1H3,(H,2,3). The zero-order valence-electron chi connectivity index (χ0n) is 3.08. The number of rotatable bonds is 2. The van der Waals surface area contributed by atoms with E-state index >= 15 is 0 Å². The van der Waals surface area contributed by atoms with Crippen molar-refractivity contribution < 1.29 is 18.0 Å². The van der Waals surface area contributed by atoms with Crippen LogP contribution in [0.5, 0.6) is 0 Å². The van der Waals surface area contributed by atoms with Crippen LogP contribution in [0.15, 0.2) is 0 Å². The normalized spacial score (nSPS) is 14.3. The Morgan fingerprint density at radius 3 is 2.33 bits per heavy atom. The smallest absolute Gasteiger partial charge is 0.282 e. The highest BCUT2D eigenvalue weighted by atomic mass is 32.2. The highest BCUT2D eigenvalue weighted by Gasteiger charge is 1.84. The summed E-state index contributed by atoms with van der Waals surface area (Å²) >= 11 is -2.29. The van der Waals surface area contributed by atoms with Crippen LogP contribution in [0.3, 0.4) is 0 Å². The molecule has 0 aromatic rings. The van der Waals surface area contributed by atoms with Gasteiger partial charge in [-0.2, -0.15) is 4.21 Å². The van der Waals surface area contributed by atoms with E-state index in [4.69, 9.17) is 4.55 Å². The molecular formula is CH4O4S. The van der Waals surface area contributed by atoms with Gasteiger partial charge >= 0.3 is 11.4 Å². The molecule has 0 fully saturated rings. The van der Waals surface area contributed by atoms with Crippen molar-refractivity contribution >= 4 is 11.4 Å². The Bertz CT molecular complexity index is 51.5. The molecule has 0 aliphatic rings. The van der Waals surface area contributed by atoms with Gasteiger partial charge in [0.05, 0.1) is 7.11 Å². The van der Waals surface area contributed by atoms with E-state index in [2.05, 4.69) is 9.22 Å². The summed E-state index contributed by atoms with van der Waals surface area (Å²) in [4.78, 5) is 3.75. The van der Waals surface area contributed by atoms with E-state index in [1.807, 2.05) is 0 Å². The first-order valence-corrected chi connectivity index (χ1v) is 2.12. The summed E-state index contributed by atoms with van der Waals surface area (Å²) in [6.07, 6.45) is 0. The quantitative estimate of drug-likeness (QED) is 0.303. The third kappa shape index (κ3) is 4.03. The minimum Gasteiger partial charge on any atom is -0.282 e. The van der Waals surface area contributed by atoms with Crippen molar-refractivity contribution in [3.05, 3.63) is 0 Å². The molecule has 0 saturated carbocycles. The number of hydrogen-bond donors (Lipinski definition) is 1. The van der Waals surface area contributed by atoms with Gasteiger partial charge < -0.3 is 0 Å². The minimum absolute atomic E-state index is 1.15. The molecule has 0 amide bonds. The van der Waals surface area contributed by atoms with E-state index in [1.165, 1.54) is 0 Å². The van der Waals surface area contributed by atoms with Crippen LogP contribution in [0.2, 0.25) is 0 Å². The summed E-state index contributed by atoms with van der Waals surface area (Å²) < 4.78 is 20.6. The highest BCUT2D eigenvalue weighted by Crippen LogP contribution is 1.73. The third-order valence-electron chi connectivity index (χ3n) is 0.126. The third-order valence-corrected chi connectivity index (χ3v) is 0.379. The van der Waals surface area contributed by atoms with Gasteiger partial charge in [0.15, 0.2) is 0 Å². The molecule has 1 unspecified atom stereocenters. The fraction of sp³-hybridized carbons (Fsp3) is 1.00. The van der Waals surface area contributed by atoms with Crippen molar-refractivity contribution in [2.75, 3.05) is 7.11 Å². The second-order valence-corrected chi connectivity index (χ2v) is 1.02. The first-order valence-electron chi connectivity index (χ1n) is 1.09. The number of hydrogen-bond acceptors (Lipinski definition) is 3. The van der Waals surface area contributed by atoms with Crippen molar-refractivity contribution in [3.8, 4) is 0 Å². The largest absolute Gasteiger partial charge is 0.330 e. The first-order chi connectivity index (χ1) is 2.77. The highest BCUT2D eigenvalue weighted by molar-refractivity contribution is 7.74. The van der Waals surface area contributed by atoms with Crippen LogP contribution in [-0.4, -0.2) is 15.9 Å². The molecule has 0 rings (SSSR count). The van der Waals surface area contributed by atoms with Crippen LogP contribution in [-0.2, 0) is 20.6 Å². The monoisotopic (exact) mass is 112 g/mol. The zero-order chi connectivity index (χ0) is 4.99. The van der Waals surface area contributed by atoms with Crippen molar-refractivity contribution in [1.29, 1.82) is 0 Å². The van der Waals surface area contributed by atoms with Crippen molar-refractivity contribution in [2.45, 2.75) is 0 Å². The van der Waals surface area contributed by atoms with E-state index in [-0.39, 0.29) is 0 Å². The van der Waals surface area contributed by atoms with E-state index < -0.39 is 11.4 Å². The molecule has 5 heteroatoms. The van der Waals surface area contributed by atoms with Gasteiger partial charge in [0.25, 0.3) is 0 Å². The molecule has 0 aromatic heterocycles. The molecule has 1 atom stereocenters. The van der Waals surface area contributed by atoms with E-state index in [9.17, 15) is 4.21 Å². The van der Waals surface area contributed by atoms with Crippen LogP contribution < -0.4 is 0 Å². The Balaban J connectivity index is 2.83. The Morgan fingerprint density at radius 2 is 2.33 bits per heavy atom. The first kappa shape index (κ1) is 6.03. The molecular weight excluding hydrogens is 108 g/mol. The molecule has 0 radical (unpaired) electrons. The van der Waals surface area contributed by atoms with Crippen LogP contribution >= 0.6 is 0 Å². The van der Waals surface area contributed by atoms with Gasteiger partial charge in [0.1, 0.15) is 0 Å².